The van der Waals surface area contributed by atoms with Gasteiger partial charge in [0.1, 0.15) is 17.1 Å². The first kappa shape index (κ1) is 13.5. The molecule has 0 aliphatic carbocycles. The molecule has 0 spiro atoms. The Hall–Kier alpha value is -2.43. The summed E-state index contributed by atoms with van der Waals surface area (Å²) in [4.78, 5) is 14.7. The number of aromatic nitrogens is 1. The second kappa shape index (κ2) is 5.52. The van der Waals surface area contributed by atoms with Gasteiger partial charge in [0.2, 0.25) is 0 Å². The minimum Gasteiger partial charge on any atom is -0.496 e. The molecular formula is C16H18N2O3. The van der Waals surface area contributed by atoms with Crippen LogP contribution in [-0.4, -0.2) is 36.1 Å². The lowest BCUT2D eigenvalue weighted by molar-refractivity contribution is 0.0704. The number of nitrogens with zero attached hydrogens (tertiary/aromatic N) is 2. The van der Waals surface area contributed by atoms with Crippen molar-refractivity contribution in [3.63, 3.8) is 0 Å². The Morgan fingerprint density at radius 2 is 1.76 bits per heavy atom. The number of fused-ring (bicyclic) bond motifs is 1. The zero-order valence-corrected chi connectivity index (χ0v) is 12.2. The number of rotatable bonds is 3. The molecule has 0 radical (unpaired) electrons. The first-order valence-electron chi connectivity index (χ1n) is 6.89. The third-order valence-corrected chi connectivity index (χ3v) is 3.82. The fraction of sp³-hybridized carbons (Fsp3) is 0.312. The number of methoxy groups -OCH3 is 2. The van der Waals surface area contributed by atoms with Crippen molar-refractivity contribution in [2.24, 2.45) is 0 Å². The summed E-state index contributed by atoms with van der Waals surface area (Å²) < 4.78 is 12.8. The first-order chi connectivity index (χ1) is 10.2. The number of carbonyl (C=O) groups excluding carboxylic acids is 1. The molecular weight excluding hydrogens is 268 g/mol. The molecule has 0 bridgehead atoms. The fourth-order valence-electron chi connectivity index (χ4n) is 2.71. The summed E-state index contributed by atoms with van der Waals surface area (Å²) in [5.74, 6) is 1.03. The number of ether oxygens (including phenoxy) is 2. The van der Waals surface area contributed by atoms with E-state index in [9.17, 15) is 4.79 Å². The van der Waals surface area contributed by atoms with Gasteiger partial charge in [0.15, 0.2) is 0 Å². The van der Waals surface area contributed by atoms with Gasteiger partial charge in [-0.2, -0.15) is 0 Å². The smallest absolute Gasteiger partial charge is 0.261 e. The van der Waals surface area contributed by atoms with E-state index in [0.29, 0.717) is 30.2 Å². The molecule has 0 saturated heterocycles. The van der Waals surface area contributed by atoms with Gasteiger partial charge >= 0.3 is 0 Å². The van der Waals surface area contributed by atoms with E-state index < -0.39 is 0 Å². The summed E-state index contributed by atoms with van der Waals surface area (Å²) >= 11 is 0. The molecule has 2 heterocycles. The Morgan fingerprint density at radius 1 is 1.05 bits per heavy atom. The lowest BCUT2D eigenvalue weighted by Gasteiger charge is -2.29. The Balaban J connectivity index is 1.93. The van der Waals surface area contributed by atoms with Crippen LogP contribution in [0.5, 0.6) is 11.5 Å². The molecule has 21 heavy (non-hydrogen) atoms. The molecule has 110 valence electrons. The summed E-state index contributed by atoms with van der Waals surface area (Å²) in [5, 5.41) is 0. The summed E-state index contributed by atoms with van der Waals surface area (Å²) in [5.41, 5.74) is 1.63. The minimum absolute atomic E-state index is 0.0586. The Bertz CT molecular complexity index is 641. The third-order valence-electron chi connectivity index (χ3n) is 3.82. The van der Waals surface area contributed by atoms with E-state index in [-0.39, 0.29) is 5.91 Å². The van der Waals surface area contributed by atoms with Crippen molar-refractivity contribution in [3.8, 4) is 11.5 Å². The molecule has 1 aliphatic rings. The third kappa shape index (κ3) is 2.35. The summed E-state index contributed by atoms with van der Waals surface area (Å²) in [6, 6.07) is 9.42. The molecule has 5 nitrogen and oxygen atoms in total. The maximum atomic E-state index is 12.8. The van der Waals surface area contributed by atoms with Crippen LogP contribution < -0.4 is 9.47 Å². The van der Waals surface area contributed by atoms with Crippen LogP contribution in [0.25, 0.3) is 0 Å². The molecule has 3 rings (SSSR count). The van der Waals surface area contributed by atoms with Crippen LogP contribution in [0, 0.1) is 0 Å². The van der Waals surface area contributed by atoms with Gasteiger partial charge in [0.25, 0.3) is 5.91 Å². The monoisotopic (exact) mass is 286 g/mol. The van der Waals surface area contributed by atoms with Crippen LogP contribution in [0.15, 0.2) is 36.5 Å². The lowest BCUT2D eigenvalue weighted by Crippen LogP contribution is -2.38. The molecule has 1 aromatic heterocycles. The number of carbonyl (C=O) groups is 1. The lowest BCUT2D eigenvalue weighted by atomic mass is 10.1. The van der Waals surface area contributed by atoms with Crippen LogP contribution in [0.2, 0.25) is 0 Å². The maximum Gasteiger partial charge on any atom is 0.261 e. The number of benzene rings is 1. The standard InChI is InChI=1S/C16H18N2O3/c1-20-13-6-3-7-14(21-2)15(13)16(19)18-10-9-17-8-4-5-12(17)11-18/h3-8H,9-11H2,1-2H3. The number of amides is 1. The largest absolute Gasteiger partial charge is 0.496 e. The zero-order chi connectivity index (χ0) is 14.8. The topological polar surface area (TPSA) is 43.7 Å². The fourth-order valence-corrected chi connectivity index (χ4v) is 2.71. The number of hydrogen-bond acceptors (Lipinski definition) is 3. The molecule has 0 unspecified atom stereocenters. The van der Waals surface area contributed by atoms with Gasteiger partial charge < -0.3 is 18.9 Å². The highest BCUT2D eigenvalue weighted by atomic mass is 16.5. The van der Waals surface area contributed by atoms with Crippen molar-refractivity contribution in [3.05, 3.63) is 47.8 Å². The Morgan fingerprint density at radius 3 is 2.43 bits per heavy atom. The molecule has 0 N–H and O–H groups in total. The first-order valence-corrected chi connectivity index (χ1v) is 6.89. The van der Waals surface area contributed by atoms with Crippen molar-refractivity contribution in [2.45, 2.75) is 13.1 Å². The van der Waals surface area contributed by atoms with Crippen LogP contribution in [-0.2, 0) is 13.1 Å². The molecule has 1 amide bonds. The van der Waals surface area contributed by atoms with E-state index in [4.69, 9.17) is 9.47 Å². The van der Waals surface area contributed by atoms with Crippen molar-refractivity contribution >= 4 is 5.91 Å². The van der Waals surface area contributed by atoms with Crippen LogP contribution in [0.3, 0.4) is 0 Å². The molecule has 1 aliphatic heterocycles. The van der Waals surface area contributed by atoms with Crippen LogP contribution in [0.1, 0.15) is 16.1 Å². The average molecular weight is 286 g/mol. The Labute approximate surface area is 123 Å². The van der Waals surface area contributed by atoms with Crippen molar-refractivity contribution < 1.29 is 14.3 Å². The van der Waals surface area contributed by atoms with E-state index in [1.807, 2.05) is 29.3 Å². The highest BCUT2D eigenvalue weighted by molar-refractivity contribution is 5.99. The highest BCUT2D eigenvalue weighted by Crippen LogP contribution is 2.30. The number of hydrogen-bond donors (Lipinski definition) is 0. The van der Waals surface area contributed by atoms with Crippen molar-refractivity contribution in [1.82, 2.24) is 9.47 Å². The zero-order valence-electron chi connectivity index (χ0n) is 12.2. The van der Waals surface area contributed by atoms with Gasteiger partial charge in [-0.15, -0.1) is 0 Å². The summed E-state index contributed by atoms with van der Waals surface area (Å²) in [7, 11) is 3.12. The molecule has 0 fully saturated rings. The molecule has 5 heteroatoms. The maximum absolute atomic E-state index is 12.8. The minimum atomic E-state index is -0.0586. The summed E-state index contributed by atoms with van der Waals surface area (Å²) in [6.45, 7) is 2.10. The van der Waals surface area contributed by atoms with Crippen LogP contribution >= 0.6 is 0 Å². The quantitative estimate of drug-likeness (QED) is 0.868. The van der Waals surface area contributed by atoms with Gasteiger partial charge in [-0.25, -0.2) is 0 Å². The molecule has 2 aromatic rings. The molecule has 1 aromatic carbocycles. The van der Waals surface area contributed by atoms with E-state index >= 15 is 0 Å². The van der Waals surface area contributed by atoms with Gasteiger partial charge in [0.05, 0.1) is 20.8 Å². The predicted molar refractivity (Wildman–Crippen MR) is 78.7 cm³/mol. The van der Waals surface area contributed by atoms with Crippen molar-refractivity contribution in [2.75, 3.05) is 20.8 Å². The van der Waals surface area contributed by atoms with Gasteiger partial charge in [0, 0.05) is 25.0 Å². The van der Waals surface area contributed by atoms with Gasteiger partial charge in [-0.3, -0.25) is 4.79 Å². The van der Waals surface area contributed by atoms with Gasteiger partial charge in [-0.1, -0.05) is 6.07 Å². The summed E-state index contributed by atoms with van der Waals surface area (Å²) in [6.07, 6.45) is 2.04. The Kier molecular flexibility index (Phi) is 3.56. The second-order valence-electron chi connectivity index (χ2n) is 4.96. The van der Waals surface area contributed by atoms with Crippen molar-refractivity contribution in [1.29, 1.82) is 0 Å². The second-order valence-corrected chi connectivity index (χ2v) is 4.96. The van der Waals surface area contributed by atoms with Crippen LogP contribution in [0.4, 0.5) is 0 Å². The average Bonchev–Trinajstić information content (AvgIpc) is 3.00. The highest BCUT2D eigenvalue weighted by Gasteiger charge is 2.26. The normalized spacial score (nSPS) is 13.7. The van der Waals surface area contributed by atoms with E-state index in [2.05, 4.69) is 4.57 Å². The molecule has 0 atom stereocenters. The predicted octanol–water partition coefficient (Wildman–Crippen LogP) is 2.16. The van der Waals surface area contributed by atoms with E-state index in [1.165, 1.54) is 0 Å². The molecule has 0 saturated carbocycles. The van der Waals surface area contributed by atoms with E-state index in [0.717, 1.165) is 12.2 Å². The van der Waals surface area contributed by atoms with Gasteiger partial charge in [-0.05, 0) is 24.3 Å². The SMILES string of the molecule is COc1cccc(OC)c1C(=O)N1CCn2cccc2C1. The van der Waals surface area contributed by atoms with E-state index in [1.54, 1.807) is 26.4 Å².